The number of anilines is 3. The summed E-state index contributed by atoms with van der Waals surface area (Å²) in [5.41, 5.74) is 3.31. The zero-order valence-corrected chi connectivity index (χ0v) is 20.9. The van der Waals surface area contributed by atoms with Crippen molar-refractivity contribution in [2.24, 2.45) is 0 Å². The molecule has 0 atom stereocenters. The van der Waals surface area contributed by atoms with Gasteiger partial charge in [-0.25, -0.2) is 13.8 Å². The van der Waals surface area contributed by atoms with Gasteiger partial charge in [0.05, 0.1) is 37.5 Å². The van der Waals surface area contributed by atoms with Crippen molar-refractivity contribution in [3.63, 3.8) is 0 Å². The standard InChI is InChI=1S/C27H29F2N7O2/c28-25(29)26-31-21-3-1-2-4-22(21)36(26)24-17-23(32-27(33-24)35-11-15-38-16-12-35)30-18-19-5-7-20(8-6-19)34-9-13-37-14-10-34/h1-8,17,25H,9-16,18H2,(H,30,32,33). The number of halogens is 2. The molecule has 1 N–H and O–H groups in total. The quantitative estimate of drug-likeness (QED) is 0.391. The molecule has 0 saturated carbocycles. The molecule has 6 rings (SSSR count). The van der Waals surface area contributed by atoms with E-state index >= 15 is 0 Å². The van der Waals surface area contributed by atoms with Crippen LogP contribution in [0, 0.1) is 0 Å². The number of alkyl halides is 2. The summed E-state index contributed by atoms with van der Waals surface area (Å²) >= 11 is 0. The monoisotopic (exact) mass is 521 g/mol. The number of hydrogen-bond donors (Lipinski definition) is 1. The van der Waals surface area contributed by atoms with E-state index in [0.29, 0.717) is 61.5 Å². The summed E-state index contributed by atoms with van der Waals surface area (Å²) in [6, 6.07) is 17.2. The summed E-state index contributed by atoms with van der Waals surface area (Å²) in [6.07, 6.45) is -2.76. The molecule has 38 heavy (non-hydrogen) atoms. The molecular formula is C27H29F2N7O2. The summed E-state index contributed by atoms with van der Waals surface area (Å²) in [5.74, 6) is 1.01. The number of aromatic nitrogens is 4. The highest BCUT2D eigenvalue weighted by atomic mass is 19.3. The second kappa shape index (κ2) is 10.9. The van der Waals surface area contributed by atoms with Crippen LogP contribution in [0.3, 0.4) is 0 Å². The first kappa shape index (κ1) is 24.5. The van der Waals surface area contributed by atoms with Crippen LogP contribution in [0.15, 0.2) is 54.6 Å². The van der Waals surface area contributed by atoms with E-state index in [4.69, 9.17) is 19.4 Å². The van der Waals surface area contributed by atoms with Crippen LogP contribution in [-0.4, -0.2) is 72.1 Å². The van der Waals surface area contributed by atoms with E-state index < -0.39 is 6.43 Å². The fourth-order valence-electron chi connectivity index (χ4n) is 4.80. The maximum atomic E-state index is 14.1. The van der Waals surface area contributed by atoms with Crippen LogP contribution in [0.4, 0.5) is 26.2 Å². The van der Waals surface area contributed by atoms with Crippen LogP contribution in [0.5, 0.6) is 0 Å². The molecule has 2 aliphatic rings. The van der Waals surface area contributed by atoms with Gasteiger partial charge in [-0.15, -0.1) is 0 Å². The minimum atomic E-state index is -2.76. The lowest BCUT2D eigenvalue weighted by Gasteiger charge is -2.29. The maximum Gasteiger partial charge on any atom is 0.296 e. The van der Waals surface area contributed by atoms with Crippen molar-refractivity contribution in [3.8, 4) is 5.82 Å². The molecule has 4 heterocycles. The van der Waals surface area contributed by atoms with Crippen molar-refractivity contribution in [2.45, 2.75) is 13.0 Å². The molecule has 4 aromatic rings. The second-order valence-electron chi connectivity index (χ2n) is 9.23. The molecular weight excluding hydrogens is 492 g/mol. The lowest BCUT2D eigenvalue weighted by molar-refractivity contribution is 0.122. The van der Waals surface area contributed by atoms with E-state index in [9.17, 15) is 8.78 Å². The third kappa shape index (κ3) is 5.11. The highest BCUT2D eigenvalue weighted by Gasteiger charge is 2.23. The van der Waals surface area contributed by atoms with Crippen LogP contribution in [-0.2, 0) is 16.0 Å². The van der Waals surface area contributed by atoms with E-state index in [1.54, 1.807) is 30.3 Å². The molecule has 0 amide bonds. The van der Waals surface area contributed by atoms with Gasteiger partial charge in [-0.2, -0.15) is 9.97 Å². The average molecular weight is 522 g/mol. The van der Waals surface area contributed by atoms with Gasteiger partial charge >= 0.3 is 0 Å². The number of fused-ring (bicyclic) bond motifs is 1. The van der Waals surface area contributed by atoms with Crippen molar-refractivity contribution < 1.29 is 18.3 Å². The number of rotatable bonds is 7. The number of hydrogen-bond acceptors (Lipinski definition) is 8. The lowest BCUT2D eigenvalue weighted by Crippen LogP contribution is -2.37. The van der Waals surface area contributed by atoms with Gasteiger partial charge in [0.1, 0.15) is 11.6 Å². The summed E-state index contributed by atoms with van der Waals surface area (Å²) in [6.45, 7) is 6.13. The Morgan fingerprint density at radius 3 is 2.21 bits per heavy atom. The van der Waals surface area contributed by atoms with E-state index in [0.717, 1.165) is 31.9 Å². The minimum absolute atomic E-state index is 0.343. The summed E-state index contributed by atoms with van der Waals surface area (Å²) in [4.78, 5) is 17.9. The Morgan fingerprint density at radius 1 is 0.816 bits per heavy atom. The molecule has 0 aliphatic carbocycles. The Balaban J connectivity index is 1.31. The second-order valence-corrected chi connectivity index (χ2v) is 9.23. The van der Waals surface area contributed by atoms with Crippen LogP contribution in [0.2, 0.25) is 0 Å². The van der Waals surface area contributed by atoms with Crippen LogP contribution >= 0.6 is 0 Å². The molecule has 2 aliphatic heterocycles. The lowest BCUT2D eigenvalue weighted by atomic mass is 10.2. The van der Waals surface area contributed by atoms with Crippen molar-refractivity contribution in [1.29, 1.82) is 0 Å². The van der Waals surface area contributed by atoms with Crippen LogP contribution in [0.1, 0.15) is 17.8 Å². The van der Waals surface area contributed by atoms with Crippen molar-refractivity contribution in [3.05, 3.63) is 66.0 Å². The van der Waals surface area contributed by atoms with Gasteiger partial charge in [0.15, 0.2) is 5.82 Å². The largest absolute Gasteiger partial charge is 0.378 e. The number of nitrogens with one attached hydrogen (secondary N) is 1. The fraction of sp³-hybridized carbons (Fsp3) is 0.370. The van der Waals surface area contributed by atoms with Crippen LogP contribution < -0.4 is 15.1 Å². The smallest absolute Gasteiger partial charge is 0.296 e. The van der Waals surface area contributed by atoms with E-state index in [-0.39, 0.29) is 5.82 Å². The zero-order valence-electron chi connectivity index (χ0n) is 20.9. The van der Waals surface area contributed by atoms with Gasteiger partial charge in [-0.1, -0.05) is 24.3 Å². The SMILES string of the molecule is FC(F)c1nc2ccccc2n1-c1cc(NCc2ccc(N3CCOCC3)cc2)nc(N2CCOCC2)n1. The predicted octanol–water partition coefficient (Wildman–Crippen LogP) is 4.04. The van der Waals surface area contributed by atoms with Gasteiger partial charge in [0, 0.05) is 44.5 Å². The molecule has 0 unspecified atom stereocenters. The molecule has 9 nitrogen and oxygen atoms in total. The van der Waals surface area contributed by atoms with Crippen molar-refractivity contribution in [2.75, 3.05) is 67.7 Å². The van der Waals surface area contributed by atoms with Crippen molar-refractivity contribution in [1.82, 2.24) is 19.5 Å². The molecule has 2 aromatic carbocycles. The fourth-order valence-corrected chi connectivity index (χ4v) is 4.80. The Labute approximate surface area is 219 Å². The predicted molar refractivity (Wildman–Crippen MR) is 141 cm³/mol. The number of para-hydroxylation sites is 2. The normalized spacial score (nSPS) is 16.4. The summed E-state index contributed by atoms with van der Waals surface area (Å²) < 4.78 is 40.5. The van der Waals surface area contributed by atoms with Gasteiger partial charge < -0.3 is 24.6 Å². The first-order valence-electron chi connectivity index (χ1n) is 12.8. The van der Waals surface area contributed by atoms with Crippen molar-refractivity contribution >= 4 is 28.5 Å². The number of benzene rings is 2. The van der Waals surface area contributed by atoms with Gasteiger partial charge in [-0.3, -0.25) is 4.57 Å². The highest BCUT2D eigenvalue weighted by molar-refractivity contribution is 5.78. The first-order valence-corrected chi connectivity index (χ1v) is 12.8. The maximum absolute atomic E-state index is 14.1. The third-order valence-corrected chi connectivity index (χ3v) is 6.79. The van der Waals surface area contributed by atoms with Gasteiger partial charge in [-0.05, 0) is 29.8 Å². The number of imidazole rings is 1. The van der Waals surface area contributed by atoms with E-state index in [2.05, 4.69) is 39.5 Å². The topological polar surface area (TPSA) is 80.6 Å². The molecule has 0 bridgehead atoms. The molecule has 0 spiro atoms. The summed E-state index contributed by atoms with van der Waals surface area (Å²) in [5, 5.41) is 3.37. The molecule has 2 fully saturated rings. The molecule has 2 aromatic heterocycles. The zero-order chi connectivity index (χ0) is 25.9. The molecule has 198 valence electrons. The molecule has 2 saturated heterocycles. The average Bonchev–Trinajstić information content (AvgIpc) is 3.37. The van der Waals surface area contributed by atoms with E-state index in [1.165, 1.54) is 10.3 Å². The summed E-state index contributed by atoms with van der Waals surface area (Å²) in [7, 11) is 0. The number of ether oxygens (including phenoxy) is 2. The molecule has 0 radical (unpaired) electrons. The number of morpholine rings is 2. The third-order valence-electron chi connectivity index (χ3n) is 6.79. The van der Waals surface area contributed by atoms with E-state index in [1.807, 2.05) is 4.90 Å². The molecule has 11 heteroatoms. The Hall–Kier alpha value is -3.83. The Kier molecular flexibility index (Phi) is 7.02. The van der Waals surface area contributed by atoms with Gasteiger partial charge in [0.25, 0.3) is 6.43 Å². The highest BCUT2D eigenvalue weighted by Crippen LogP contribution is 2.29. The minimum Gasteiger partial charge on any atom is -0.378 e. The first-order chi connectivity index (χ1) is 18.7. The van der Waals surface area contributed by atoms with Crippen LogP contribution in [0.25, 0.3) is 16.9 Å². The Morgan fingerprint density at radius 2 is 1.50 bits per heavy atom. The number of nitrogens with zero attached hydrogens (tertiary/aromatic N) is 6. The van der Waals surface area contributed by atoms with Gasteiger partial charge in [0.2, 0.25) is 5.95 Å². The Bertz CT molecular complexity index is 1380.